The Morgan fingerprint density at radius 1 is 0.425 bits per heavy atom. The van der Waals surface area contributed by atoms with Crippen LogP contribution in [0.15, 0.2) is 24.3 Å². The Hall–Kier alpha value is -0.190. The Bertz CT molecular complexity index is 562. The van der Waals surface area contributed by atoms with Gasteiger partial charge in [-0.1, -0.05) is 71.6 Å². The number of para-hydroxylation sites is 1. The summed E-state index contributed by atoms with van der Waals surface area (Å²) in [6, 6.07) is 9.20. The first-order chi connectivity index (χ1) is 19.9. The first kappa shape index (κ1) is 37.8. The summed E-state index contributed by atoms with van der Waals surface area (Å²) in [5.41, 5.74) is 1.45. The minimum Gasteiger partial charge on any atom is -0.0654 e. The van der Waals surface area contributed by atoms with Gasteiger partial charge in [-0.2, -0.15) is 0 Å². The van der Waals surface area contributed by atoms with Crippen LogP contribution in [0.5, 0.6) is 0 Å². The second kappa shape index (κ2) is 31.7. The molecule has 0 saturated carbocycles. The molecule has 0 aromatic heterocycles. The quantitative estimate of drug-likeness (QED) is 0.0595. The van der Waals surface area contributed by atoms with Gasteiger partial charge in [0, 0.05) is 0 Å². The number of anilines is 1. The summed E-state index contributed by atoms with van der Waals surface area (Å²) in [5, 5.41) is 3.79. The van der Waals surface area contributed by atoms with Gasteiger partial charge in [0.1, 0.15) is 0 Å². The van der Waals surface area contributed by atoms with Gasteiger partial charge in [0.15, 0.2) is 0 Å². The number of rotatable bonds is 32. The van der Waals surface area contributed by atoms with Crippen molar-refractivity contribution in [2.24, 2.45) is 0 Å². The van der Waals surface area contributed by atoms with Gasteiger partial charge in [-0.3, -0.25) is 0 Å². The van der Waals surface area contributed by atoms with Crippen LogP contribution < -0.4 is 8.93 Å². The van der Waals surface area contributed by atoms with Crippen molar-refractivity contribution in [3.63, 3.8) is 0 Å². The van der Waals surface area contributed by atoms with E-state index in [1.54, 1.807) is 3.61 Å². The molecule has 0 aliphatic rings. The molecule has 234 valence electrons. The van der Waals surface area contributed by atoms with Gasteiger partial charge in [0.2, 0.25) is 0 Å². The molecule has 0 aliphatic heterocycles. The fraction of sp³-hybridized carbons (Fsp3) is 0.842. The van der Waals surface area contributed by atoms with Crippen LogP contribution in [-0.2, 0) is 0 Å². The first-order valence-corrected chi connectivity index (χ1v) is 21.2. The van der Waals surface area contributed by atoms with E-state index in [4.69, 9.17) is 0 Å². The van der Waals surface area contributed by atoms with Gasteiger partial charge in [-0.25, -0.2) is 0 Å². The summed E-state index contributed by atoms with van der Waals surface area (Å²) >= 11 is -0.0430. The monoisotopic (exact) mass is 671 g/mol. The van der Waals surface area contributed by atoms with Gasteiger partial charge in [-0.05, 0) is 0 Å². The molecule has 0 amide bonds. The topological polar surface area (TPSA) is 12.0 Å². The van der Waals surface area contributed by atoms with Crippen molar-refractivity contribution in [3.05, 3.63) is 24.3 Å². The first-order valence-electron chi connectivity index (χ1n) is 18.3. The molecule has 0 saturated heterocycles. The Morgan fingerprint density at radius 2 is 0.775 bits per heavy atom. The van der Waals surface area contributed by atoms with Crippen molar-refractivity contribution in [1.82, 2.24) is 0 Å². The Balaban J connectivity index is 1.90. The van der Waals surface area contributed by atoms with Gasteiger partial charge in [-0.15, -0.1) is 0 Å². The van der Waals surface area contributed by atoms with E-state index in [0.717, 1.165) is 6.54 Å². The molecule has 1 N–H and O–H groups in total. The molecule has 1 aromatic rings. The van der Waals surface area contributed by atoms with Crippen molar-refractivity contribution in [3.8, 4) is 0 Å². The maximum absolute atomic E-state index is 3.79. The van der Waals surface area contributed by atoms with Gasteiger partial charge in [0.05, 0.1) is 0 Å². The number of hydrogen-bond acceptors (Lipinski definition) is 1. The minimum absolute atomic E-state index is 0.0430. The number of benzene rings is 1. The molecule has 0 fully saturated rings. The molecule has 0 radical (unpaired) electrons. The summed E-state index contributed by atoms with van der Waals surface area (Å²) in [5.74, 6) is 0. The smallest absolute Gasteiger partial charge is 0.0654 e. The number of unbranched alkanes of at least 4 members (excludes halogenated alkanes) is 26. The second-order valence-corrected chi connectivity index (χ2v) is 15.7. The summed E-state index contributed by atoms with van der Waals surface area (Å²) in [4.78, 5) is 0. The van der Waals surface area contributed by atoms with E-state index in [1.165, 1.54) is 190 Å². The van der Waals surface area contributed by atoms with E-state index in [1.807, 2.05) is 0 Å². The Kier molecular flexibility index (Phi) is 30.0. The number of nitrogens with one attached hydrogen (secondary N) is 1. The average molecular weight is 670 g/mol. The van der Waals surface area contributed by atoms with E-state index >= 15 is 0 Å². The summed E-state index contributed by atoms with van der Waals surface area (Å²) in [6.07, 6.45) is 40.5. The molecule has 1 rings (SSSR count). The van der Waals surface area contributed by atoms with Crippen LogP contribution in [0.1, 0.15) is 194 Å². The van der Waals surface area contributed by atoms with Crippen LogP contribution in [0.25, 0.3) is 0 Å². The minimum atomic E-state index is -0.0430. The van der Waals surface area contributed by atoms with Crippen molar-refractivity contribution >= 4 is 30.2 Å². The molecule has 0 spiro atoms. The van der Waals surface area contributed by atoms with E-state index in [0.29, 0.717) is 0 Å². The van der Waals surface area contributed by atoms with Crippen molar-refractivity contribution in [2.75, 3.05) is 11.9 Å². The normalized spacial score (nSPS) is 11.3. The molecule has 1 aromatic carbocycles. The standard InChI is InChI=1S/C38H71NTe/c1-3-5-7-9-11-13-15-17-19-21-23-25-27-31-35-39-37-33-29-30-34-38(37)40-36-32-28-26-24-22-20-18-16-14-12-10-8-6-4-2/h29-30,33-34,39H,3-28,31-32,35-36H2,1-2H3. The zero-order chi connectivity index (χ0) is 28.6. The van der Waals surface area contributed by atoms with Crippen LogP contribution in [0, 0.1) is 0 Å². The Labute approximate surface area is 263 Å². The van der Waals surface area contributed by atoms with E-state index in [-0.39, 0.29) is 20.9 Å². The van der Waals surface area contributed by atoms with Crippen LogP contribution in [0.3, 0.4) is 0 Å². The van der Waals surface area contributed by atoms with Gasteiger partial charge >= 0.3 is 193 Å². The molecular formula is C38H71NTe. The summed E-state index contributed by atoms with van der Waals surface area (Å²) in [7, 11) is 0. The third-order valence-corrected chi connectivity index (χ3v) is 11.8. The molecule has 0 heterocycles. The molecule has 1 nitrogen and oxygen atoms in total. The van der Waals surface area contributed by atoms with Crippen molar-refractivity contribution in [1.29, 1.82) is 0 Å². The molecule has 40 heavy (non-hydrogen) atoms. The third-order valence-electron chi connectivity index (χ3n) is 8.49. The molecular weight excluding hydrogens is 598 g/mol. The second-order valence-electron chi connectivity index (χ2n) is 12.5. The van der Waals surface area contributed by atoms with Crippen molar-refractivity contribution in [2.45, 2.75) is 198 Å². The third kappa shape index (κ3) is 25.5. The van der Waals surface area contributed by atoms with Crippen molar-refractivity contribution < 1.29 is 0 Å². The SMILES string of the molecule is CCCCCCCCCCCCCCCCNc1ccccc1[Te]CCCCCCCCCCCCCCCC. The van der Waals surface area contributed by atoms with Crippen LogP contribution >= 0.6 is 0 Å². The Morgan fingerprint density at radius 3 is 1.20 bits per heavy atom. The molecule has 0 unspecified atom stereocenters. The van der Waals surface area contributed by atoms with E-state index in [9.17, 15) is 0 Å². The van der Waals surface area contributed by atoms with Gasteiger partial charge < -0.3 is 0 Å². The van der Waals surface area contributed by atoms with Crippen LogP contribution in [0.4, 0.5) is 5.69 Å². The predicted octanol–water partition coefficient (Wildman–Crippen LogP) is 12.8. The zero-order valence-corrected chi connectivity index (χ0v) is 29.8. The molecule has 0 aliphatic carbocycles. The summed E-state index contributed by atoms with van der Waals surface area (Å²) in [6.45, 7) is 5.77. The number of hydrogen-bond donors (Lipinski definition) is 1. The molecule has 0 bridgehead atoms. The maximum atomic E-state index is 3.79. The van der Waals surface area contributed by atoms with Gasteiger partial charge in [0.25, 0.3) is 0 Å². The predicted molar refractivity (Wildman–Crippen MR) is 186 cm³/mol. The van der Waals surface area contributed by atoms with E-state index in [2.05, 4.69) is 43.4 Å². The zero-order valence-electron chi connectivity index (χ0n) is 27.4. The van der Waals surface area contributed by atoms with E-state index < -0.39 is 0 Å². The fourth-order valence-electron chi connectivity index (χ4n) is 5.76. The molecule has 0 atom stereocenters. The molecule has 2 heteroatoms. The fourth-order valence-corrected chi connectivity index (χ4v) is 8.72. The van der Waals surface area contributed by atoms with Crippen LogP contribution in [-0.4, -0.2) is 27.5 Å². The van der Waals surface area contributed by atoms with Crippen LogP contribution in [0.2, 0.25) is 4.47 Å². The average Bonchev–Trinajstić information content (AvgIpc) is 2.97. The summed E-state index contributed by atoms with van der Waals surface area (Å²) < 4.78 is 3.13.